The molecule has 150 valence electrons. The number of nitriles is 1. The number of primary amides is 1. The zero-order chi connectivity index (χ0) is 21.3. The van der Waals surface area contributed by atoms with E-state index in [0.717, 1.165) is 22.0 Å². The molecule has 1 unspecified atom stereocenters. The molecule has 0 aliphatic carbocycles. The monoisotopic (exact) mass is 401 g/mol. The predicted molar refractivity (Wildman–Crippen MR) is 109 cm³/mol. The van der Waals surface area contributed by atoms with E-state index >= 15 is 0 Å². The Morgan fingerprint density at radius 1 is 1.23 bits per heavy atom. The Labute approximate surface area is 172 Å². The second-order valence-corrected chi connectivity index (χ2v) is 6.87. The lowest BCUT2D eigenvalue weighted by Gasteiger charge is -2.11. The van der Waals surface area contributed by atoms with E-state index < -0.39 is 11.8 Å². The van der Waals surface area contributed by atoms with Gasteiger partial charge in [-0.2, -0.15) is 25.4 Å². The third-order valence-electron chi connectivity index (χ3n) is 4.95. The molecule has 0 radical (unpaired) electrons. The first-order valence-corrected chi connectivity index (χ1v) is 9.18. The van der Waals surface area contributed by atoms with Crippen LogP contribution < -0.4 is 10.5 Å². The molecule has 0 saturated heterocycles. The molecule has 9 nitrogen and oxygen atoms in total. The molecular weight excluding hydrogens is 382 g/mol. The van der Waals surface area contributed by atoms with Crippen LogP contribution in [0.1, 0.15) is 28.3 Å². The summed E-state index contributed by atoms with van der Waals surface area (Å²) < 4.78 is 6.93. The van der Waals surface area contributed by atoms with Crippen LogP contribution in [0, 0.1) is 11.3 Å². The molecule has 4 rings (SSSR count). The number of carbonyl (C=O) groups excluding carboxylic acids is 1. The molecule has 0 spiro atoms. The number of hydrogen-bond acceptors (Lipinski definition) is 6. The summed E-state index contributed by atoms with van der Waals surface area (Å²) in [5.74, 6) is -0.731. The maximum absolute atomic E-state index is 12.2. The van der Waals surface area contributed by atoms with Gasteiger partial charge >= 0.3 is 0 Å². The first kappa shape index (κ1) is 19.1. The van der Waals surface area contributed by atoms with Crippen LogP contribution in [0.15, 0.2) is 48.8 Å². The molecule has 2 aromatic heterocycles. The maximum Gasteiger partial charge on any atom is 0.231 e. The number of ether oxygens (including phenoxy) is 1. The molecule has 2 aromatic carbocycles. The Balaban J connectivity index is 1.63. The summed E-state index contributed by atoms with van der Waals surface area (Å²) in [4.78, 5) is 13.7. The van der Waals surface area contributed by atoms with Gasteiger partial charge in [0.1, 0.15) is 17.7 Å². The number of aromatic nitrogens is 5. The Morgan fingerprint density at radius 3 is 2.80 bits per heavy atom. The minimum atomic E-state index is -0.728. The molecule has 0 bridgehead atoms. The molecule has 2 N–H and O–H groups in total. The van der Waals surface area contributed by atoms with Gasteiger partial charge in [-0.1, -0.05) is 12.1 Å². The molecule has 0 aliphatic heterocycles. The average molecular weight is 401 g/mol. The highest BCUT2D eigenvalue weighted by Crippen LogP contribution is 2.26. The van der Waals surface area contributed by atoms with Crippen molar-refractivity contribution in [2.75, 3.05) is 7.11 Å². The van der Waals surface area contributed by atoms with Crippen LogP contribution in [0.25, 0.3) is 10.9 Å². The zero-order valence-electron chi connectivity index (χ0n) is 16.5. The lowest BCUT2D eigenvalue weighted by Crippen LogP contribution is -2.23. The summed E-state index contributed by atoms with van der Waals surface area (Å²) in [5.41, 5.74) is 9.11. The second-order valence-electron chi connectivity index (χ2n) is 6.87. The minimum Gasteiger partial charge on any atom is -0.495 e. The van der Waals surface area contributed by atoms with E-state index in [2.05, 4.69) is 21.4 Å². The van der Waals surface area contributed by atoms with Gasteiger partial charge in [-0.05, 0) is 35.4 Å². The van der Waals surface area contributed by atoms with Gasteiger partial charge in [0.05, 0.1) is 42.8 Å². The van der Waals surface area contributed by atoms with E-state index in [4.69, 9.17) is 10.5 Å². The Bertz CT molecular complexity index is 1280. The van der Waals surface area contributed by atoms with E-state index in [1.807, 2.05) is 31.3 Å². The highest BCUT2D eigenvalue weighted by atomic mass is 16.5. The largest absolute Gasteiger partial charge is 0.495 e. The van der Waals surface area contributed by atoms with Gasteiger partial charge in [0, 0.05) is 12.4 Å². The van der Waals surface area contributed by atoms with Gasteiger partial charge in [0.25, 0.3) is 0 Å². The van der Waals surface area contributed by atoms with Crippen LogP contribution in [0.2, 0.25) is 0 Å². The number of carbonyl (C=O) groups is 1. The van der Waals surface area contributed by atoms with Gasteiger partial charge in [0.15, 0.2) is 0 Å². The number of nitrogens with zero attached hydrogens (tertiary/aromatic N) is 6. The number of aryl methyl sites for hydroxylation is 1. The molecule has 30 heavy (non-hydrogen) atoms. The van der Waals surface area contributed by atoms with Crippen LogP contribution in [-0.2, 0) is 18.4 Å². The zero-order valence-corrected chi connectivity index (χ0v) is 16.5. The van der Waals surface area contributed by atoms with Crippen LogP contribution >= 0.6 is 0 Å². The van der Waals surface area contributed by atoms with Crippen molar-refractivity contribution < 1.29 is 9.53 Å². The van der Waals surface area contributed by atoms with Gasteiger partial charge in [-0.3, -0.25) is 9.48 Å². The van der Waals surface area contributed by atoms with Crippen molar-refractivity contribution in [2.45, 2.75) is 12.5 Å². The highest BCUT2D eigenvalue weighted by molar-refractivity contribution is 5.87. The van der Waals surface area contributed by atoms with E-state index in [0.29, 0.717) is 23.6 Å². The van der Waals surface area contributed by atoms with E-state index in [-0.39, 0.29) is 0 Å². The highest BCUT2D eigenvalue weighted by Gasteiger charge is 2.24. The van der Waals surface area contributed by atoms with Crippen molar-refractivity contribution in [3.63, 3.8) is 0 Å². The quantitative estimate of drug-likeness (QED) is 0.524. The third-order valence-corrected chi connectivity index (χ3v) is 4.95. The first-order valence-electron chi connectivity index (χ1n) is 9.18. The fraction of sp³-hybridized carbons (Fsp3) is 0.190. The van der Waals surface area contributed by atoms with Gasteiger partial charge < -0.3 is 10.5 Å². The van der Waals surface area contributed by atoms with Gasteiger partial charge in [0.2, 0.25) is 5.91 Å². The average Bonchev–Trinajstić information content (AvgIpc) is 3.34. The molecule has 4 aromatic rings. The number of fused-ring (bicyclic) bond motifs is 1. The first-order chi connectivity index (χ1) is 14.5. The van der Waals surface area contributed by atoms with Crippen molar-refractivity contribution in [1.29, 1.82) is 5.26 Å². The third kappa shape index (κ3) is 3.46. The Morgan fingerprint density at radius 2 is 2.07 bits per heavy atom. The Hall–Kier alpha value is -4.19. The second kappa shape index (κ2) is 7.67. The number of rotatable bonds is 6. The molecule has 1 amide bonds. The topological polar surface area (TPSA) is 125 Å². The maximum atomic E-state index is 12.2. The summed E-state index contributed by atoms with van der Waals surface area (Å²) in [7, 11) is 3.38. The molecule has 0 fully saturated rings. The molecule has 2 heterocycles. The van der Waals surface area contributed by atoms with E-state index in [1.165, 1.54) is 18.1 Å². The predicted octanol–water partition coefficient (Wildman–Crippen LogP) is 1.71. The van der Waals surface area contributed by atoms with Crippen LogP contribution in [0.5, 0.6) is 5.75 Å². The number of methoxy groups -OCH3 is 1. The van der Waals surface area contributed by atoms with Gasteiger partial charge in [-0.25, -0.2) is 0 Å². The lowest BCUT2D eigenvalue weighted by atomic mass is 9.94. The molecular formula is C21H19N7O2. The summed E-state index contributed by atoms with van der Waals surface area (Å²) in [6.45, 7) is 0.339. The summed E-state index contributed by atoms with van der Waals surface area (Å²) in [5, 5.41) is 23.1. The van der Waals surface area contributed by atoms with Gasteiger partial charge in [-0.15, -0.1) is 0 Å². The lowest BCUT2D eigenvalue weighted by molar-refractivity contribution is -0.118. The Kier molecular flexibility index (Phi) is 4.90. The van der Waals surface area contributed by atoms with Crippen molar-refractivity contribution in [1.82, 2.24) is 24.8 Å². The summed E-state index contributed by atoms with van der Waals surface area (Å²) in [6.07, 6.45) is 3.28. The van der Waals surface area contributed by atoms with Crippen molar-refractivity contribution in [2.24, 2.45) is 12.8 Å². The normalized spacial score (nSPS) is 11.9. The number of benzene rings is 2. The molecule has 0 aliphatic rings. The SMILES string of the molecule is COc1ccc(Cn2ncc(C(C(N)=O)c3ccc4c(cnn4C)c3)n2)cc1C#N. The number of nitrogens with two attached hydrogens (primary N) is 1. The van der Waals surface area contributed by atoms with Crippen LogP contribution in [0.3, 0.4) is 0 Å². The van der Waals surface area contributed by atoms with Crippen LogP contribution in [-0.4, -0.2) is 37.8 Å². The number of amides is 1. The van der Waals surface area contributed by atoms with E-state index in [9.17, 15) is 10.1 Å². The smallest absolute Gasteiger partial charge is 0.231 e. The fourth-order valence-electron chi connectivity index (χ4n) is 3.47. The minimum absolute atomic E-state index is 0.339. The fourth-order valence-corrected chi connectivity index (χ4v) is 3.47. The van der Waals surface area contributed by atoms with Crippen molar-refractivity contribution >= 4 is 16.8 Å². The molecule has 1 atom stereocenters. The van der Waals surface area contributed by atoms with Crippen molar-refractivity contribution in [3.05, 3.63) is 71.2 Å². The number of hydrogen-bond donors (Lipinski definition) is 1. The molecule has 9 heteroatoms. The summed E-state index contributed by atoms with van der Waals surface area (Å²) >= 11 is 0. The summed E-state index contributed by atoms with van der Waals surface area (Å²) in [6, 6.07) is 13.0. The standard InChI is InChI=1S/C21H19N7O2/c1-27-18-5-4-14(8-16(18)10-24-27)20(21(23)29)17-11-25-28(26-17)12-13-3-6-19(30-2)15(7-13)9-22/h3-8,10-11,20H,12H2,1-2H3,(H2,23,29). The van der Waals surface area contributed by atoms with Crippen molar-refractivity contribution in [3.8, 4) is 11.8 Å². The van der Waals surface area contributed by atoms with E-state index in [1.54, 1.807) is 23.0 Å². The van der Waals surface area contributed by atoms with Crippen LogP contribution in [0.4, 0.5) is 0 Å². The molecule has 0 saturated carbocycles.